The highest BCUT2D eigenvalue weighted by Gasteiger charge is 2.16. The Kier molecular flexibility index (Phi) is 5.34. The molecule has 0 aliphatic heterocycles. The summed E-state index contributed by atoms with van der Waals surface area (Å²) in [7, 11) is 0. The number of nitriles is 1. The number of hydrogen-bond donors (Lipinski definition) is 2. The van der Waals surface area contributed by atoms with Crippen LogP contribution in [-0.2, 0) is 0 Å². The van der Waals surface area contributed by atoms with Crippen LogP contribution in [0, 0.1) is 17.2 Å². The molecule has 1 amide bonds. The molecule has 1 rings (SSSR count). The SMILES string of the molecule is CC(C)C(CCO)NC(=O)c1cccc(C#N)c1. The maximum atomic E-state index is 12.0. The van der Waals surface area contributed by atoms with Gasteiger partial charge < -0.3 is 10.4 Å². The van der Waals surface area contributed by atoms with E-state index in [0.717, 1.165) is 0 Å². The van der Waals surface area contributed by atoms with Crippen LogP contribution in [0.5, 0.6) is 0 Å². The summed E-state index contributed by atoms with van der Waals surface area (Å²) in [5.74, 6) is 0.0412. The highest BCUT2D eigenvalue weighted by atomic mass is 16.3. The molecule has 96 valence electrons. The van der Waals surface area contributed by atoms with Crippen LogP contribution in [0.25, 0.3) is 0 Å². The van der Waals surface area contributed by atoms with Gasteiger partial charge in [-0.2, -0.15) is 5.26 Å². The molecule has 2 N–H and O–H groups in total. The van der Waals surface area contributed by atoms with E-state index in [2.05, 4.69) is 5.32 Å². The average Bonchev–Trinajstić information content (AvgIpc) is 2.38. The van der Waals surface area contributed by atoms with E-state index in [-0.39, 0.29) is 24.5 Å². The second-order valence-electron chi connectivity index (χ2n) is 4.53. The third-order valence-corrected chi connectivity index (χ3v) is 2.82. The number of hydrogen-bond acceptors (Lipinski definition) is 3. The van der Waals surface area contributed by atoms with Crippen LogP contribution in [0.15, 0.2) is 24.3 Å². The summed E-state index contributed by atoms with van der Waals surface area (Å²) in [4.78, 5) is 12.0. The van der Waals surface area contributed by atoms with Gasteiger partial charge in [-0.15, -0.1) is 0 Å². The summed E-state index contributed by atoms with van der Waals surface area (Å²) in [6, 6.07) is 8.52. The van der Waals surface area contributed by atoms with Crippen molar-refractivity contribution < 1.29 is 9.90 Å². The van der Waals surface area contributed by atoms with E-state index in [1.807, 2.05) is 19.9 Å². The van der Waals surface area contributed by atoms with Crippen molar-refractivity contribution in [3.05, 3.63) is 35.4 Å². The molecule has 0 radical (unpaired) electrons. The van der Waals surface area contributed by atoms with Crippen LogP contribution in [-0.4, -0.2) is 23.7 Å². The van der Waals surface area contributed by atoms with Crippen LogP contribution in [0.1, 0.15) is 36.2 Å². The third-order valence-electron chi connectivity index (χ3n) is 2.82. The Hall–Kier alpha value is -1.86. The molecule has 0 aliphatic rings. The molecular weight excluding hydrogens is 228 g/mol. The molecule has 0 bridgehead atoms. The van der Waals surface area contributed by atoms with Crippen molar-refractivity contribution in [2.75, 3.05) is 6.61 Å². The highest BCUT2D eigenvalue weighted by molar-refractivity contribution is 5.94. The highest BCUT2D eigenvalue weighted by Crippen LogP contribution is 2.09. The van der Waals surface area contributed by atoms with E-state index in [9.17, 15) is 4.79 Å². The maximum absolute atomic E-state index is 12.0. The molecule has 0 fully saturated rings. The number of aliphatic hydroxyl groups is 1. The van der Waals surface area contributed by atoms with Gasteiger partial charge in [0, 0.05) is 18.2 Å². The lowest BCUT2D eigenvalue weighted by Crippen LogP contribution is -2.39. The number of amides is 1. The minimum absolute atomic E-state index is 0.0430. The zero-order chi connectivity index (χ0) is 13.5. The molecule has 0 heterocycles. The van der Waals surface area contributed by atoms with E-state index >= 15 is 0 Å². The fourth-order valence-electron chi connectivity index (χ4n) is 1.69. The first-order valence-electron chi connectivity index (χ1n) is 6.00. The smallest absolute Gasteiger partial charge is 0.251 e. The number of nitrogens with one attached hydrogen (secondary N) is 1. The Morgan fingerprint density at radius 1 is 1.50 bits per heavy atom. The van der Waals surface area contributed by atoms with Gasteiger partial charge in [0.2, 0.25) is 0 Å². The summed E-state index contributed by atoms with van der Waals surface area (Å²) in [6.07, 6.45) is 0.529. The zero-order valence-corrected chi connectivity index (χ0v) is 10.7. The van der Waals surface area contributed by atoms with E-state index < -0.39 is 0 Å². The summed E-state index contributed by atoms with van der Waals surface area (Å²) in [6.45, 7) is 4.03. The first kappa shape index (κ1) is 14.2. The normalized spacial score (nSPS) is 11.9. The number of aliphatic hydroxyl groups excluding tert-OH is 1. The van der Waals surface area contributed by atoms with Gasteiger partial charge >= 0.3 is 0 Å². The maximum Gasteiger partial charge on any atom is 0.251 e. The van der Waals surface area contributed by atoms with E-state index in [4.69, 9.17) is 10.4 Å². The lowest BCUT2D eigenvalue weighted by Gasteiger charge is -2.21. The van der Waals surface area contributed by atoms with E-state index in [0.29, 0.717) is 17.5 Å². The van der Waals surface area contributed by atoms with Crippen LogP contribution in [0.4, 0.5) is 0 Å². The van der Waals surface area contributed by atoms with Gasteiger partial charge in [-0.05, 0) is 30.5 Å². The van der Waals surface area contributed by atoms with Gasteiger partial charge in [-0.1, -0.05) is 19.9 Å². The number of benzene rings is 1. The lowest BCUT2D eigenvalue weighted by atomic mass is 10.0. The number of carbonyl (C=O) groups is 1. The van der Waals surface area contributed by atoms with Gasteiger partial charge in [0.05, 0.1) is 11.6 Å². The molecule has 18 heavy (non-hydrogen) atoms. The molecule has 1 atom stereocenters. The molecule has 0 saturated carbocycles. The summed E-state index contributed by atoms with van der Waals surface area (Å²) >= 11 is 0. The molecule has 4 nitrogen and oxygen atoms in total. The second kappa shape index (κ2) is 6.77. The van der Waals surface area contributed by atoms with Gasteiger partial charge in [0.1, 0.15) is 0 Å². The Labute approximate surface area is 107 Å². The first-order valence-corrected chi connectivity index (χ1v) is 6.00. The Balaban J connectivity index is 2.77. The van der Waals surface area contributed by atoms with Crippen molar-refractivity contribution in [2.45, 2.75) is 26.3 Å². The quantitative estimate of drug-likeness (QED) is 0.830. The lowest BCUT2D eigenvalue weighted by molar-refractivity contribution is 0.0916. The molecule has 0 saturated heterocycles. The fourth-order valence-corrected chi connectivity index (χ4v) is 1.69. The summed E-state index contributed by atoms with van der Waals surface area (Å²) < 4.78 is 0. The van der Waals surface area contributed by atoms with E-state index in [1.54, 1.807) is 24.3 Å². The van der Waals surface area contributed by atoms with Crippen molar-refractivity contribution in [3.63, 3.8) is 0 Å². The molecule has 0 spiro atoms. The van der Waals surface area contributed by atoms with Crippen molar-refractivity contribution in [3.8, 4) is 6.07 Å². The second-order valence-corrected chi connectivity index (χ2v) is 4.53. The van der Waals surface area contributed by atoms with Crippen molar-refractivity contribution in [1.82, 2.24) is 5.32 Å². The fraction of sp³-hybridized carbons (Fsp3) is 0.429. The van der Waals surface area contributed by atoms with Gasteiger partial charge in [0.25, 0.3) is 5.91 Å². The number of carbonyl (C=O) groups excluding carboxylic acids is 1. The standard InChI is InChI=1S/C14H18N2O2/c1-10(2)13(6-7-17)16-14(18)12-5-3-4-11(8-12)9-15/h3-5,8,10,13,17H,6-7H2,1-2H3,(H,16,18). The Bertz CT molecular complexity index is 449. The average molecular weight is 246 g/mol. The Morgan fingerprint density at radius 2 is 2.22 bits per heavy atom. The molecular formula is C14H18N2O2. The molecule has 1 aromatic rings. The molecule has 0 aromatic heterocycles. The van der Waals surface area contributed by atoms with Crippen molar-refractivity contribution in [1.29, 1.82) is 5.26 Å². The first-order chi connectivity index (χ1) is 8.58. The molecule has 4 heteroatoms. The monoisotopic (exact) mass is 246 g/mol. The topological polar surface area (TPSA) is 73.1 Å². The van der Waals surface area contributed by atoms with Crippen LogP contribution in [0.3, 0.4) is 0 Å². The van der Waals surface area contributed by atoms with Gasteiger partial charge in [-0.25, -0.2) is 0 Å². The molecule has 1 aromatic carbocycles. The molecule has 1 unspecified atom stereocenters. The predicted octanol–water partition coefficient (Wildman–Crippen LogP) is 1.70. The molecule has 0 aliphatic carbocycles. The zero-order valence-electron chi connectivity index (χ0n) is 10.7. The minimum Gasteiger partial charge on any atom is -0.396 e. The summed E-state index contributed by atoms with van der Waals surface area (Å²) in [5, 5.41) is 20.6. The number of rotatable bonds is 5. The van der Waals surface area contributed by atoms with E-state index in [1.165, 1.54) is 0 Å². The van der Waals surface area contributed by atoms with Crippen LogP contribution < -0.4 is 5.32 Å². The van der Waals surface area contributed by atoms with Crippen molar-refractivity contribution >= 4 is 5.91 Å². The van der Waals surface area contributed by atoms with Gasteiger partial charge in [-0.3, -0.25) is 4.79 Å². The number of nitrogens with zero attached hydrogens (tertiary/aromatic N) is 1. The third kappa shape index (κ3) is 3.86. The Morgan fingerprint density at radius 3 is 2.78 bits per heavy atom. The summed E-state index contributed by atoms with van der Waals surface area (Å²) in [5.41, 5.74) is 0.934. The van der Waals surface area contributed by atoms with Crippen LogP contribution >= 0.6 is 0 Å². The largest absolute Gasteiger partial charge is 0.396 e. The van der Waals surface area contributed by atoms with Crippen LogP contribution in [0.2, 0.25) is 0 Å². The minimum atomic E-state index is -0.209. The van der Waals surface area contributed by atoms with Gasteiger partial charge in [0.15, 0.2) is 0 Å². The predicted molar refractivity (Wildman–Crippen MR) is 69.0 cm³/mol. The van der Waals surface area contributed by atoms with Crippen molar-refractivity contribution in [2.24, 2.45) is 5.92 Å².